The molecule has 2 rings (SSSR count). The van der Waals surface area contributed by atoms with Gasteiger partial charge in [0.1, 0.15) is 11.6 Å². The van der Waals surface area contributed by atoms with Crippen LogP contribution >= 0.6 is 0 Å². The van der Waals surface area contributed by atoms with Crippen LogP contribution < -0.4 is 10.5 Å². The van der Waals surface area contributed by atoms with E-state index in [-0.39, 0.29) is 0 Å². The zero-order valence-corrected chi connectivity index (χ0v) is 9.90. The van der Waals surface area contributed by atoms with Gasteiger partial charge in [-0.05, 0) is 26.0 Å². The van der Waals surface area contributed by atoms with Crippen molar-refractivity contribution in [1.82, 2.24) is 9.55 Å². The second-order valence-electron chi connectivity index (χ2n) is 4.05. The van der Waals surface area contributed by atoms with Gasteiger partial charge in [-0.2, -0.15) is 0 Å². The topological polar surface area (TPSA) is 53.1 Å². The number of hydrogen-bond acceptors (Lipinski definition) is 3. The van der Waals surface area contributed by atoms with E-state index in [1.165, 1.54) is 0 Å². The van der Waals surface area contributed by atoms with Crippen LogP contribution in [0, 0.1) is 0 Å². The van der Waals surface area contributed by atoms with E-state index in [1.807, 2.05) is 18.2 Å². The minimum atomic E-state index is 0.358. The largest absolute Gasteiger partial charge is 0.497 e. The van der Waals surface area contributed by atoms with Crippen LogP contribution in [0.3, 0.4) is 0 Å². The molecule has 1 heterocycles. The highest BCUT2D eigenvalue weighted by Crippen LogP contribution is 2.24. The SMILES string of the molecule is COc1ccc2c(c1)nc(CN)n2C(C)C. The smallest absolute Gasteiger partial charge is 0.123 e. The van der Waals surface area contributed by atoms with Gasteiger partial charge in [0.25, 0.3) is 0 Å². The summed E-state index contributed by atoms with van der Waals surface area (Å²) in [5, 5.41) is 0. The summed E-state index contributed by atoms with van der Waals surface area (Å²) in [6.07, 6.45) is 0. The highest BCUT2D eigenvalue weighted by atomic mass is 16.5. The van der Waals surface area contributed by atoms with Gasteiger partial charge in [0.2, 0.25) is 0 Å². The molecule has 4 heteroatoms. The zero-order valence-electron chi connectivity index (χ0n) is 9.90. The molecule has 2 aromatic rings. The lowest BCUT2D eigenvalue weighted by Crippen LogP contribution is -2.10. The minimum Gasteiger partial charge on any atom is -0.497 e. The Balaban J connectivity index is 2.67. The van der Waals surface area contributed by atoms with Crippen LogP contribution in [0.2, 0.25) is 0 Å². The van der Waals surface area contributed by atoms with Crippen molar-refractivity contribution >= 4 is 11.0 Å². The molecule has 4 nitrogen and oxygen atoms in total. The molecular weight excluding hydrogens is 202 g/mol. The zero-order chi connectivity index (χ0) is 11.7. The van der Waals surface area contributed by atoms with E-state index in [0.29, 0.717) is 12.6 Å². The first kappa shape index (κ1) is 11.0. The van der Waals surface area contributed by atoms with Crippen molar-refractivity contribution in [1.29, 1.82) is 0 Å². The monoisotopic (exact) mass is 219 g/mol. The Morgan fingerprint density at radius 1 is 1.44 bits per heavy atom. The van der Waals surface area contributed by atoms with Crippen molar-refractivity contribution in [2.24, 2.45) is 5.73 Å². The number of nitrogens with zero attached hydrogens (tertiary/aromatic N) is 2. The Labute approximate surface area is 95.0 Å². The fraction of sp³-hybridized carbons (Fsp3) is 0.417. The standard InChI is InChI=1S/C12H17N3O/c1-8(2)15-11-5-4-9(16-3)6-10(11)14-12(15)7-13/h4-6,8H,7,13H2,1-3H3. The molecule has 0 aliphatic rings. The van der Waals surface area contributed by atoms with E-state index in [4.69, 9.17) is 10.5 Å². The lowest BCUT2D eigenvalue weighted by atomic mass is 10.2. The van der Waals surface area contributed by atoms with Crippen LogP contribution in [-0.4, -0.2) is 16.7 Å². The number of aromatic nitrogens is 2. The lowest BCUT2D eigenvalue weighted by Gasteiger charge is -2.11. The quantitative estimate of drug-likeness (QED) is 0.860. The van der Waals surface area contributed by atoms with E-state index in [0.717, 1.165) is 22.6 Å². The Bertz CT molecular complexity index is 502. The van der Waals surface area contributed by atoms with E-state index >= 15 is 0 Å². The Hall–Kier alpha value is -1.55. The van der Waals surface area contributed by atoms with E-state index in [2.05, 4.69) is 23.4 Å². The van der Waals surface area contributed by atoms with Crippen molar-refractivity contribution < 1.29 is 4.74 Å². The first-order valence-corrected chi connectivity index (χ1v) is 5.42. The van der Waals surface area contributed by atoms with Crippen molar-refractivity contribution in [3.05, 3.63) is 24.0 Å². The van der Waals surface area contributed by atoms with E-state index < -0.39 is 0 Å². The van der Waals surface area contributed by atoms with Gasteiger partial charge in [-0.1, -0.05) is 0 Å². The number of imidazole rings is 1. The molecule has 86 valence electrons. The summed E-state index contributed by atoms with van der Waals surface area (Å²) in [5.41, 5.74) is 7.75. The number of benzene rings is 1. The first-order valence-electron chi connectivity index (χ1n) is 5.42. The number of fused-ring (bicyclic) bond motifs is 1. The summed E-state index contributed by atoms with van der Waals surface area (Å²) < 4.78 is 7.35. The van der Waals surface area contributed by atoms with Crippen LogP contribution in [0.5, 0.6) is 5.75 Å². The number of methoxy groups -OCH3 is 1. The van der Waals surface area contributed by atoms with E-state index in [1.54, 1.807) is 7.11 Å². The molecule has 0 amide bonds. The molecule has 0 atom stereocenters. The predicted octanol–water partition coefficient (Wildman–Crippen LogP) is 2.08. The maximum absolute atomic E-state index is 5.71. The highest BCUT2D eigenvalue weighted by molar-refractivity contribution is 5.78. The lowest BCUT2D eigenvalue weighted by molar-refractivity contribution is 0.415. The molecule has 0 bridgehead atoms. The number of rotatable bonds is 3. The van der Waals surface area contributed by atoms with Crippen molar-refractivity contribution in [3.8, 4) is 5.75 Å². The Morgan fingerprint density at radius 2 is 2.19 bits per heavy atom. The Morgan fingerprint density at radius 3 is 2.75 bits per heavy atom. The molecule has 0 unspecified atom stereocenters. The molecule has 2 N–H and O–H groups in total. The Kier molecular flexibility index (Phi) is 2.83. The van der Waals surface area contributed by atoms with Gasteiger partial charge in [-0.25, -0.2) is 4.98 Å². The average Bonchev–Trinajstić information content (AvgIpc) is 2.65. The molecule has 1 aromatic heterocycles. The van der Waals surface area contributed by atoms with Gasteiger partial charge in [-0.3, -0.25) is 0 Å². The van der Waals surface area contributed by atoms with Crippen LogP contribution in [0.1, 0.15) is 25.7 Å². The molecule has 0 radical (unpaired) electrons. The van der Waals surface area contributed by atoms with Gasteiger partial charge in [-0.15, -0.1) is 0 Å². The molecule has 0 fully saturated rings. The molecule has 0 saturated carbocycles. The molecule has 16 heavy (non-hydrogen) atoms. The summed E-state index contributed by atoms with van der Waals surface area (Å²) in [6.45, 7) is 4.71. The molecule has 1 aromatic carbocycles. The summed E-state index contributed by atoms with van der Waals surface area (Å²) in [7, 11) is 1.66. The van der Waals surface area contributed by atoms with Crippen LogP contribution in [0.15, 0.2) is 18.2 Å². The number of nitrogens with two attached hydrogens (primary N) is 1. The summed E-state index contributed by atoms with van der Waals surface area (Å²) in [6, 6.07) is 6.27. The third-order valence-corrected chi connectivity index (χ3v) is 2.67. The van der Waals surface area contributed by atoms with Gasteiger partial charge in [0.05, 0.1) is 24.7 Å². The maximum Gasteiger partial charge on any atom is 0.123 e. The maximum atomic E-state index is 5.71. The van der Waals surface area contributed by atoms with Crippen LogP contribution in [-0.2, 0) is 6.54 Å². The third-order valence-electron chi connectivity index (χ3n) is 2.67. The van der Waals surface area contributed by atoms with Gasteiger partial charge >= 0.3 is 0 Å². The third kappa shape index (κ3) is 1.65. The summed E-state index contributed by atoms with van der Waals surface area (Å²) in [5.74, 6) is 1.74. The van der Waals surface area contributed by atoms with Gasteiger partial charge in [0.15, 0.2) is 0 Å². The highest BCUT2D eigenvalue weighted by Gasteiger charge is 2.12. The summed E-state index contributed by atoms with van der Waals surface area (Å²) >= 11 is 0. The second kappa shape index (κ2) is 4.14. The fourth-order valence-electron chi connectivity index (χ4n) is 1.98. The second-order valence-corrected chi connectivity index (χ2v) is 4.05. The normalized spacial score (nSPS) is 11.3. The number of hydrogen-bond donors (Lipinski definition) is 1. The van der Waals surface area contributed by atoms with Crippen LogP contribution in [0.25, 0.3) is 11.0 Å². The van der Waals surface area contributed by atoms with Crippen molar-refractivity contribution in [2.75, 3.05) is 7.11 Å². The molecule has 0 aliphatic carbocycles. The molecule has 0 spiro atoms. The minimum absolute atomic E-state index is 0.358. The molecule has 0 saturated heterocycles. The van der Waals surface area contributed by atoms with Gasteiger partial charge < -0.3 is 15.0 Å². The molecular formula is C12H17N3O. The van der Waals surface area contributed by atoms with Crippen LogP contribution in [0.4, 0.5) is 0 Å². The van der Waals surface area contributed by atoms with Crippen molar-refractivity contribution in [2.45, 2.75) is 26.4 Å². The first-order chi connectivity index (χ1) is 7.67. The van der Waals surface area contributed by atoms with Crippen molar-refractivity contribution in [3.63, 3.8) is 0 Å². The van der Waals surface area contributed by atoms with E-state index in [9.17, 15) is 0 Å². The summed E-state index contributed by atoms with van der Waals surface area (Å²) in [4.78, 5) is 4.52. The average molecular weight is 219 g/mol. The fourth-order valence-corrected chi connectivity index (χ4v) is 1.98. The van der Waals surface area contributed by atoms with Gasteiger partial charge in [0, 0.05) is 12.1 Å². The number of ether oxygens (including phenoxy) is 1. The molecule has 0 aliphatic heterocycles. The predicted molar refractivity (Wildman–Crippen MR) is 64.6 cm³/mol.